The number of hydrogen-bond donors (Lipinski definition) is 2. The van der Waals surface area contributed by atoms with Crippen LogP contribution in [0, 0.1) is 21.7 Å². The number of carbonyl (C=O) groups is 1. The molecule has 0 saturated carbocycles. The molecule has 0 fully saturated rings. The molecular weight excluding hydrogens is 506 g/mol. The lowest BCUT2D eigenvalue weighted by Crippen LogP contribution is -2.41. The number of ether oxygens (including phenoxy) is 1. The molecule has 1 amide bonds. The van der Waals surface area contributed by atoms with Gasteiger partial charge in [-0.05, 0) is 42.2 Å². The fraction of sp³-hybridized carbons (Fsp3) is 0.250. The van der Waals surface area contributed by atoms with Crippen LogP contribution in [0.5, 0.6) is 5.75 Å². The van der Waals surface area contributed by atoms with Gasteiger partial charge in [0.25, 0.3) is 0 Å². The molecule has 2 aromatic carbocycles. The van der Waals surface area contributed by atoms with Crippen LogP contribution in [-0.4, -0.2) is 52.4 Å². The number of amides is 1. The molecule has 1 unspecified atom stereocenters. The van der Waals surface area contributed by atoms with Crippen molar-refractivity contribution in [1.82, 2.24) is 14.9 Å². The van der Waals surface area contributed by atoms with Crippen molar-refractivity contribution in [3.05, 3.63) is 56.8 Å². The van der Waals surface area contributed by atoms with Crippen LogP contribution in [0.25, 0.3) is 10.9 Å². The first-order valence-corrected chi connectivity index (χ1v) is 10.3. The molecule has 0 radical (unpaired) electrons. The molecule has 0 aliphatic heterocycles. The predicted molar refractivity (Wildman–Crippen MR) is 120 cm³/mol. The lowest BCUT2D eigenvalue weighted by molar-refractivity contribution is -0.385. The molecule has 0 saturated heterocycles. The number of nitrogens with two attached hydrogens (primary N) is 1. The maximum Gasteiger partial charge on any atom is 0.311 e. The van der Waals surface area contributed by atoms with E-state index < -0.39 is 28.5 Å². The second kappa shape index (κ2) is 10.0. The number of anilines is 2. The van der Waals surface area contributed by atoms with Crippen LogP contribution in [0.1, 0.15) is 6.42 Å². The molecule has 0 bridgehead atoms. The van der Waals surface area contributed by atoms with E-state index in [4.69, 9.17) is 10.5 Å². The van der Waals surface area contributed by atoms with Crippen LogP contribution >= 0.6 is 15.9 Å². The van der Waals surface area contributed by atoms with Crippen LogP contribution < -0.4 is 15.8 Å². The predicted octanol–water partition coefficient (Wildman–Crippen LogP) is 3.51. The largest absolute Gasteiger partial charge is 0.487 e. The van der Waals surface area contributed by atoms with Crippen molar-refractivity contribution in [3.8, 4) is 5.75 Å². The van der Waals surface area contributed by atoms with Gasteiger partial charge in [0.15, 0.2) is 17.4 Å². The van der Waals surface area contributed by atoms with Crippen molar-refractivity contribution >= 4 is 49.9 Å². The average Bonchev–Trinajstić information content (AvgIpc) is 2.76. The van der Waals surface area contributed by atoms with Crippen LogP contribution in [0.2, 0.25) is 0 Å². The molecule has 1 aromatic heterocycles. The second-order valence-electron chi connectivity index (χ2n) is 7.18. The third-order valence-corrected chi connectivity index (χ3v) is 5.41. The Morgan fingerprint density at radius 3 is 2.67 bits per heavy atom. The highest BCUT2D eigenvalue weighted by molar-refractivity contribution is 9.10. The van der Waals surface area contributed by atoms with E-state index in [1.165, 1.54) is 30.6 Å². The third-order valence-electron chi connectivity index (χ3n) is 4.80. The smallest absolute Gasteiger partial charge is 0.311 e. The first-order valence-electron chi connectivity index (χ1n) is 9.52. The van der Waals surface area contributed by atoms with Crippen molar-refractivity contribution in [2.75, 3.05) is 26.0 Å². The number of hydrogen-bond acceptors (Lipinski definition) is 8. The number of nitro groups is 1. The maximum absolute atomic E-state index is 14.3. The summed E-state index contributed by atoms with van der Waals surface area (Å²) in [6, 6.07) is 4.52. The van der Waals surface area contributed by atoms with Crippen LogP contribution in [0.15, 0.2) is 35.1 Å². The van der Waals surface area contributed by atoms with E-state index in [1.807, 2.05) is 0 Å². The SMILES string of the molecule is CN(C)C(CCOc1cc2ncnc(Nc3ccc(Br)c(F)c3F)c2cc1[N+](=O)[O-])C(N)=O. The van der Waals surface area contributed by atoms with Gasteiger partial charge in [-0.2, -0.15) is 0 Å². The van der Waals surface area contributed by atoms with Gasteiger partial charge in [0.2, 0.25) is 5.91 Å². The van der Waals surface area contributed by atoms with Gasteiger partial charge in [0.05, 0.1) is 38.6 Å². The molecule has 13 heteroatoms. The molecule has 3 aromatic rings. The Labute approximate surface area is 195 Å². The number of nitrogens with one attached hydrogen (secondary N) is 1. The standard InChI is InChI=1S/C20H19BrF2N6O4/c1-28(2)14(19(24)30)5-6-33-16-8-13-10(7-15(16)29(31)32)20(26-9-25-13)27-12-4-3-11(21)17(22)18(12)23/h3-4,7-9,14H,5-6H2,1-2H3,(H2,24,30)(H,25,26,27). The summed E-state index contributed by atoms with van der Waals surface area (Å²) in [6.45, 7) is -0.0162. The van der Waals surface area contributed by atoms with Gasteiger partial charge < -0.3 is 15.8 Å². The normalized spacial score (nSPS) is 12.1. The van der Waals surface area contributed by atoms with E-state index in [1.54, 1.807) is 19.0 Å². The molecule has 10 nitrogen and oxygen atoms in total. The molecule has 0 spiro atoms. The fourth-order valence-corrected chi connectivity index (χ4v) is 3.42. The van der Waals surface area contributed by atoms with Gasteiger partial charge in [0.1, 0.15) is 12.1 Å². The number of likely N-dealkylation sites (N-methyl/N-ethyl adjacent to an activating group) is 1. The Morgan fingerprint density at radius 1 is 1.30 bits per heavy atom. The summed E-state index contributed by atoms with van der Waals surface area (Å²) in [5, 5.41) is 14.5. The third kappa shape index (κ3) is 5.31. The number of fused-ring (bicyclic) bond motifs is 1. The number of carbonyl (C=O) groups excluding carboxylic acids is 1. The minimum Gasteiger partial charge on any atom is -0.487 e. The van der Waals surface area contributed by atoms with Crippen LogP contribution in [0.3, 0.4) is 0 Å². The van der Waals surface area contributed by atoms with Gasteiger partial charge in [-0.3, -0.25) is 19.8 Å². The molecule has 33 heavy (non-hydrogen) atoms. The number of nitro benzene ring substituents is 1. The van der Waals surface area contributed by atoms with Gasteiger partial charge >= 0.3 is 5.69 Å². The Morgan fingerprint density at radius 2 is 2.03 bits per heavy atom. The zero-order chi connectivity index (χ0) is 24.3. The number of halogens is 3. The van der Waals surface area contributed by atoms with Crippen molar-refractivity contribution < 1.29 is 23.2 Å². The summed E-state index contributed by atoms with van der Waals surface area (Å²) in [4.78, 5) is 32.2. The first-order chi connectivity index (χ1) is 15.6. The summed E-state index contributed by atoms with van der Waals surface area (Å²) >= 11 is 2.90. The molecule has 1 atom stereocenters. The number of rotatable bonds is 9. The highest BCUT2D eigenvalue weighted by atomic mass is 79.9. The molecule has 1 heterocycles. The minimum atomic E-state index is -1.14. The summed E-state index contributed by atoms with van der Waals surface area (Å²) in [5.41, 5.74) is 5.03. The highest BCUT2D eigenvalue weighted by Gasteiger charge is 2.22. The zero-order valence-corrected chi connectivity index (χ0v) is 19.1. The lowest BCUT2D eigenvalue weighted by atomic mass is 10.1. The number of primary amides is 1. The fourth-order valence-electron chi connectivity index (χ4n) is 3.12. The van der Waals surface area contributed by atoms with Gasteiger partial charge in [0, 0.05) is 18.6 Å². The van der Waals surface area contributed by atoms with E-state index >= 15 is 0 Å². The molecule has 174 valence electrons. The number of nitrogens with zero attached hydrogens (tertiary/aromatic N) is 4. The molecular formula is C20H19BrF2N6O4. The van der Waals surface area contributed by atoms with Crippen molar-refractivity contribution in [1.29, 1.82) is 0 Å². The Bertz CT molecular complexity index is 1230. The van der Waals surface area contributed by atoms with E-state index in [0.717, 1.165) is 0 Å². The molecule has 0 aliphatic carbocycles. The van der Waals surface area contributed by atoms with Crippen molar-refractivity contribution in [2.45, 2.75) is 12.5 Å². The number of aromatic nitrogens is 2. The van der Waals surface area contributed by atoms with Crippen molar-refractivity contribution in [3.63, 3.8) is 0 Å². The topological polar surface area (TPSA) is 137 Å². The Hall–Kier alpha value is -3.45. The summed E-state index contributed by atoms with van der Waals surface area (Å²) < 4.78 is 33.7. The van der Waals surface area contributed by atoms with Gasteiger partial charge in [-0.15, -0.1) is 0 Å². The highest BCUT2D eigenvalue weighted by Crippen LogP contribution is 2.35. The summed E-state index contributed by atoms with van der Waals surface area (Å²) in [7, 11) is 3.36. The molecule has 0 aliphatic rings. The van der Waals surface area contributed by atoms with E-state index in [2.05, 4.69) is 31.2 Å². The lowest BCUT2D eigenvalue weighted by Gasteiger charge is -2.20. The summed E-state index contributed by atoms with van der Waals surface area (Å²) in [5.74, 6) is -2.81. The summed E-state index contributed by atoms with van der Waals surface area (Å²) in [6.07, 6.45) is 1.38. The van der Waals surface area contributed by atoms with E-state index in [9.17, 15) is 23.7 Å². The maximum atomic E-state index is 14.3. The van der Waals surface area contributed by atoms with Crippen LogP contribution in [-0.2, 0) is 4.79 Å². The Balaban J connectivity index is 1.94. The van der Waals surface area contributed by atoms with Gasteiger partial charge in [-0.25, -0.2) is 18.7 Å². The zero-order valence-electron chi connectivity index (χ0n) is 17.5. The first kappa shape index (κ1) is 24.2. The van der Waals surface area contributed by atoms with E-state index in [-0.39, 0.29) is 51.3 Å². The van der Waals surface area contributed by atoms with E-state index in [0.29, 0.717) is 0 Å². The monoisotopic (exact) mass is 524 g/mol. The van der Waals surface area contributed by atoms with Gasteiger partial charge in [-0.1, -0.05) is 0 Å². The minimum absolute atomic E-state index is 0.0162. The molecule has 3 rings (SSSR count). The number of benzene rings is 2. The van der Waals surface area contributed by atoms with Crippen molar-refractivity contribution in [2.24, 2.45) is 5.73 Å². The van der Waals surface area contributed by atoms with Crippen LogP contribution in [0.4, 0.5) is 26.0 Å². The molecule has 3 N–H and O–H groups in total. The quantitative estimate of drug-likeness (QED) is 0.246. The average molecular weight is 525 g/mol. The second-order valence-corrected chi connectivity index (χ2v) is 8.04. The Kier molecular flexibility index (Phi) is 7.33.